The van der Waals surface area contributed by atoms with Crippen LogP contribution in [0, 0.1) is 5.82 Å². The second kappa shape index (κ2) is 9.37. The molecule has 2 aromatic carbocycles. The zero-order valence-corrected chi connectivity index (χ0v) is 16.0. The summed E-state index contributed by atoms with van der Waals surface area (Å²) >= 11 is 0. The standard InChI is InChI=1S/C21H19FN4O4/c1-30-17-8-3-7-16(12-17)23-21(29)25-24-19(27)18-9-4-10-26(20(18)28)13-14-5-2-6-15(22)11-14/h2-12H,13H2,1H3,(H,24,27)(H2,23,25,29). The lowest BCUT2D eigenvalue weighted by Gasteiger charge is -2.11. The fourth-order valence-corrected chi connectivity index (χ4v) is 2.71. The summed E-state index contributed by atoms with van der Waals surface area (Å²) in [7, 11) is 1.50. The van der Waals surface area contributed by atoms with Gasteiger partial charge in [0.1, 0.15) is 17.1 Å². The number of benzene rings is 2. The number of carbonyl (C=O) groups excluding carboxylic acids is 2. The molecule has 0 aliphatic heterocycles. The van der Waals surface area contributed by atoms with Crippen LogP contribution >= 0.6 is 0 Å². The fourth-order valence-electron chi connectivity index (χ4n) is 2.71. The Balaban J connectivity index is 1.64. The topological polar surface area (TPSA) is 101 Å². The highest BCUT2D eigenvalue weighted by Gasteiger charge is 2.13. The Labute approximate surface area is 171 Å². The van der Waals surface area contributed by atoms with E-state index < -0.39 is 23.3 Å². The van der Waals surface area contributed by atoms with Gasteiger partial charge in [0.25, 0.3) is 11.5 Å². The Bertz CT molecular complexity index is 1130. The number of amides is 3. The van der Waals surface area contributed by atoms with E-state index in [9.17, 15) is 18.8 Å². The van der Waals surface area contributed by atoms with Crippen molar-refractivity contribution in [3.05, 3.63) is 94.2 Å². The summed E-state index contributed by atoms with van der Waals surface area (Å²) in [5, 5.41) is 2.52. The first-order valence-corrected chi connectivity index (χ1v) is 8.91. The Morgan fingerprint density at radius 1 is 1.03 bits per heavy atom. The summed E-state index contributed by atoms with van der Waals surface area (Å²) in [5.74, 6) is -0.643. The third-order valence-corrected chi connectivity index (χ3v) is 4.12. The molecule has 0 aliphatic carbocycles. The average molecular weight is 410 g/mol. The third-order valence-electron chi connectivity index (χ3n) is 4.12. The van der Waals surface area contributed by atoms with E-state index in [2.05, 4.69) is 16.2 Å². The van der Waals surface area contributed by atoms with Crippen LogP contribution in [-0.2, 0) is 6.54 Å². The number of urea groups is 1. The Morgan fingerprint density at radius 2 is 1.83 bits per heavy atom. The second-order valence-electron chi connectivity index (χ2n) is 6.25. The van der Waals surface area contributed by atoms with Crippen molar-refractivity contribution in [1.82, 2.24) is 15.4 Å². The van der Waals surface area contributed by atoms with Gasteiger partial charge in [0.2, 0.25) is 0 Å². The van der Waals surface area contributed by atoms with Crippen molar-refractivity contribution in [2.75, 3.05) is 12.4 Å². The Hall–Kier alpha value is -4.14. The SMILES string of the molecule is COc1cccc(NC(=O)NNC(=O)c2cccn(Cc3cccc(F)c3)c2=O)c1. The van der Waals surface area contributed by atoms with Gasteiger partial charge in [0.05, 0.1) is 13.7 Å². The van der Waals surface area contributed by atoms with Gasteiger partial charge in [-0.3, -0.25) is 15.0 Å². The number of carbonyl (C=O) groups is 2. The van der Waals surface area contributed by atoms with Crippen LogP contribution in [0.25, 0.3) is 0 Å². The molecule has 1 aromatic heterocycles. The summed E-state index contributed by atoms with van der Waals surface area (Å²) in [6, 6.07) is 14.6. The van der Waals surface area contributed by atoms with Gasteiger partial charge < -0.3 is 14.6 Å². The van der Waals surface area contributed by atoms with Crippen LogP contribution in [0.5, 0.6) is 5.75 Å². The number of nitrogens with one attached hydrogen (secondary N) is 3. The maximum Gasteiger partial charge on any atom is 0.337 e. The number of nitrogens with zero attached hydrogens (tertiary/aromatic N) is 1. The summed E-state index contributed by atoms with van der Waals surface area (Å²) in [5.41, 5.74) is 4.65. The number of hydrazine groups is 1. The number of methoxy groups -OCH3 is 1. The predicted octanol–water partition coefficient (Wildman–Crippen LogP) is 2.51. The van der Waals surface area contributed by atoms with E-state index in [1.165, 1.54) is 48.2 Å². The lowest BCUT2D eigenvalue weighted by molar-refractivity contribution is 0.0936. The highest BCUT2D eigenvalue weighted by atomic mass is 19.1. The molecule has 0 bridgehead atoms. The van der Waals surface area contributed by atoms with Crippen molar-refractivity contribution in [2.45, 2.75) is 6.54 Å². The number of hydrogen-bond acceptors (Lipinski definition) is 4. The molecule has 154 valence electrons. The van der Waals surface area contributed by atoms with Crippen LogP contribution in [0.3, 0.4) is 0 Å². The molecule has 0 spiro atoms. The first kappa shape index (κ1) is 20.6. The third kappa shape index (κ3) is 5.22. The van der Waals surface area contributed by atoms with Crippen LogP contribution < -0.4 is 26.5 Å². The molecular weight excluding hydrogens is 391 g/mol. The Morgan fingerprint density at radius 3 is 2.60 bits per heavy atom. The summed E-state index contributed by atoms with van der Waals surface area (Å²) in [4.78, 5) is 36.9. The van der Waals surface area contributed by atoms with E-state index in [0.29, 0.717) is 17.0 Å². The first-order valence-electron chi connectivity index (χ1n) is 8.91. The monoisotopic (exact) mass is 410 g/mol. The molecule has 1 heterocycles. The molecule has 0 fully saturated rings. The van der Waals surface area contributed by atoms with Gasteiger partial charge in [-0.25, -0.2) is 14.6 Å². The molecule has 3 N–H and O–H groups in total. The number of anilines is 1. The lowest BCUT2D eigenvalue weighted by atomic mass is 10.2. The second-order valence-corrected chi connectivity index (χ2v) is 6.25. The molecule has 3 rings (SSSR count). The summed E-state index contributed by atoms with van der Waals surface area (Å²) < 4.78 is 19.7. The van der Waals surface area contributed by atoms with Crippen LogP contribution in [-0.4, -0.2) is 23.6 Å². The maximum absolute atomic E-state index is 13.3. The maximum atomic E-state index is 13.3. The fraction of sp³-hybridized carbons (Fsp3) is 0.0952. The van der Waals surface area contributed by atoms with Crippen LogP contribution in [0.1, 0.15) is 15.9 Å². The van der Waals surface area contributed by atoms with Crippen molar-refractivity contribution in [1.29, 1.82) is 0 Å². The van der Waals surface area contributed by atoms with Crippen LogP contribution in [0.15, 0.2) is 71.7 Å². The molecule has 8 nitrogen and oxygen atoms in total. The van der Waals surface area contributed by atoms with Gasteiger partial charge in [-0.15, -0.1) is 0 Å². The highest BCUT2D eigenvalue weighted by molar-refractivity contribution is 5.96. The number of hydrogen-bond donors (Lipinski definition) is 3. The Kier molecular flexibility index (Phi) is 6.43. The van der Waals surface area contributed by atoms with Crippen molar-refractivity contribution < 1.29 is 18.7 Å². The largest absolute Gasteiger partial charge is 0.497 e. The van der Waals surface area contributed by atoms with E-state index >= 15 is 0 Å². The van der Waals surface area contributed by atoms with Gasteiger partial charge in [-0.2, -0.15) is 0 Å². The van der Waals surface area contributed by atoms with Gasteiger partial charge in [0, 0.05) is 18.0 Å². The number of rotatable bonds is 5. The minimum absolute atomic E-state index is 0.0987. The molecule has 0 aliphatic rings. The number of ether oxygens (including phenoxy) is 1. The van der Waals surface area contributed by atoms with E-state index in [0.717, 1.165) is 0 Å². The van der Waals surface area contributed by atoms with Crippen LogP contribution in [0.4, 0.5) is 14.9 Å². The van der Waals surface area contributed by atoms with Gasteiger partial charge in [0.15, 0.2) is 0 Å². The van der Waals surface area contributed by atoms with Crippen molar-refractivity contribution in [2.24, 2.45) is 0 Å². The molecule has 0 saturated heterocycles. The van der Waals surface area contributed by atoms with Gasteiger partial charge in [-0.05, 0) is 42.0 Å². The predicted molar refractivity (Wildman–Crippen MR) is 109 cm³/mol. The normalized spacial score (nSPS) is 10.2. The highest BCUT2D eigenvalue weighted by Crippen LogP contribution is 2.16. The average Bonchev–Trinajstić information content (AvgIpc) is 2.74. The summed E-state index contributed by atoms with van der Waals surface area (Å²) in [6.45, 7) is 0.0987. The number of aromatic nitrogens is 1. The van der Waals surface area contributed by atoms with E-state index in [4.69, 9.17) is 4.74 Å². The van der Waals surface area contributed by atoms with E-state index in [1.807, 2.05) is 0 Å². The van der Waals surface area contributed by atoms with E-state index in [-0.39, 0.29) is 12.1 Å². The smallest absolute Gasteiger partial charge is 0.337 e. The lowest BCUT2D eigenvalue weighted by Crippen LogP contribution is -2.45. The van der Waals surface area contributed by atoms with Gasteiger partial charge >= 0.3 is 6.03 Å². The first-order chi connectivity index (χ1) is 14.5. The molecule has 0 unspecified atom stereocenters. The quantitative estimate of drug-likeness (QED) is 0.563. The number of halogens is 1. The van der Waals surface area contributed by atoms with Crippen molar-refractivity contribution >= 4 is 17.6 Å². The van der Waals surface area contributed by atoms with Crippen LogP contribution in [0.2, 0.25) is 0 Å². The molecule has 3 amide bonds. The summed E-state index contributed by atoms with van der Waals surface area (Å²) in [6.07, 6.45) is 1.49. The van der Waals surface area contributed by atoms with Crippen molar-refractivity contribution in [3.63, 3.8) is 0 Å². The number of pyridine rings is 1. The molecule has 9 heteroatoms. The van der Waals surface area contributed by atoms with Crippen molar-refractivity contribution in [3.8, 4) is 5.75 Å². The minimum Gasteiger partial charge on any atom is -0.497 e. The molecule has 0 radical (unpaired) electrons. The van der Waals surface area contributed by atoms with Gasteiger partial charge in [-0.1, -0.05) is 18.2 Å². The molecule has 30 heavy (non-hydrogen) atoms. The molecular formula is C21H19FN4O4. The van der Waals surface area contributed by atoms with E-state index in [1.54, 1.807) is 30.3 Å². The molecule has 3 aromatic rings. The zero-order valence-electron chi connectivity index (χ0n) is 16.0. The minimum atomic E-state index is -0.783. The zero-order chi connectivity index (χ0) is 21.5. The molecule has 0 saturated carbocycles. The molecule has 0 atom stereocenters.